The summed E-state index contributed by atoms with van der Waals surface area (Å²) < 4.78 is 0. The highest BCUT2D eigenvalue weighted by molar-refractivity contribution is 5.76. The van der Waals surface area contributed by atoms with E-state index in [2.05, 4.69) is 0 Å². The van der Waals surface area contributed by atoms with Crippen LogP contribution in [0, 0.1) is 11.8 Å². The second-order valence-corrected chi connectivity index (χ2v) is 5.94. The van der Waals surface area contributed by atoms with Crippen molar-refractivity contribution < 1.29 is 9.90 Å². The molecule has 2 fully saturated rings. The highest BCUT2D eigenvalue weighted by Crippen LogP contribution is 2.30. The molecule has 4 heteroatoms. The molecule has 0 unspecified atom stereocenters. The highest BCUT2D eigenvalue weighted by atomic mass is 16.3. The minimum absolute atomic E-state index is 0.200. The summed E-state index contributed by atoms with van der Waals surface area (Å²) in [7, 11) is 0. The van der Waals surface area contributed by atoms with E-state index in [1.165, 1.54) is 12.8 Å². The maximum Gasteiger partial charge on any atom is 0.222 e. The Morgan fingerprint density at radius 2 is 1.61 bits per heavy atom. The molecular formula is C14H26N2O2. The summed E-state index contributed by atoms with van der Waals surface area (Å²) in [6, 6.07) is 0. The monoisotopic (exact) mass is 254 g/mol. The fraction of sp³-hybridized carbons (Fsp3) is 0.929. The van der Waals surface area contributed by atoms with Crippen LogP contribution in [0.2, 0.25) is 0 Å². The van der Waals surface area contributed by atoms with Crippen molar-refractivity contribution in [2.75, 3.05) is 19.6 Å². The van der Waals surface area contributed by atoms with E-state index in [1.807, 2.05) is 4.90 Å². The van der Waals surface area contributed by atoms with Crippen molar-refractivity contribution in [3.05, 3.63) is 0 Å². The van der Waals surface area contributed by atoms with E-state index >= 15 is 0 Å². The fourth-order valence-electron chi connectivity index (χ4n) is 3.16. The number of nitrogens with two attached hydrogens (primary N) is 1. The topological polar surface area (TPSA) is 66.6 Å². The third-order valence-electron chi connectivity index (χ3n) is 4.58. The molecule has 2 rings (SSSR count). The summed E-state index contributed by atoms with van der Waals surface area (Å²) in [5.74, 6) is 1.53. The van der Waals surface area contributed by atoms with Gasteiger partial charge in [0, 0.05) is 19.5 Å². The molecule has 0 atom stereocenters. The van der Waals surface area contributed by atoms with Crippen LogP contribution in [0.3, 0.4) is 0 Å². The maximum absolute atomic E-state index is 12.1. The van der Waals surface area contributed by atoms with Gasteiger partial charge in [-0.1, -0.05) is 0 Å². The first-order valence-corrected chi connectivity index (χ1v) is 7.35. The van der Waals surface area contributed by atoms with Crippen LogP contribution in [0.1, 0.15) is 44.9 Å². The molecule has 0 radical (unpaired) electrons. The van der Waals surface area contributed by atoms with E-state index in [-0.39, 0.29) is 12.0 Å². The Labute approximate surface area is 110 Å². The minimum atomic E-state index is -0.200. The van der Waals surface area contributed by atoms with Crippen molar-refractivity contribution in [3.63, 3.8) is 0 Å². The largest absolute Gasteiger partial charge is 0.393 e. The molecule has 1 amide bonds. The van der Waals surface area contributed by atoms with E-state index < -0.39 is 0 Å². The van der Waals surface area contributed by atoms with E-state index in [1.54, 1.807) is 0 Å². The summed E-state index contributed by atoms with van der Waals surface area (Å²) >= 11 is 0. The molecule has 0 bridgehead atoms. The second-order valence-electron chi connectivity index (χ2n) is 5.94. The van der Waals surface area contributed by atoms with Gasteiger partial charge in [-0.05, 0) is 56.9 Å². The quantitative estimate of drug-likeness (QED) is 0.793. The third-order valence-corrected chi connectivity index (χ3v) is 4.58. The number of piperidine rings is 1. The molecular weight excluding hydrogens is 228 g/mol. The van der Waals surface area contributed by atoms with Crippen LogP contribution < -0.4 is 5.73 Å². The number of aliphatic hydroxyl groups is 1. The second kappa shape index (κ2) is 6.53. The van der Waals surface area contributed by atoms with Gasteiger partial charge in [-0.2, -0.15) is 0 Å². The Kier molecular flexibility index (Phi) is 5.01. The molecule has 1 saturated heterocycles. The zero-order chi connectivity index (χ0) is 13.0. The van der Waals surface area contributed by atoms with E-state index in [4.69, 9.17) is 5.73 Å². The van der Waals surface area contributed by atoms with Crippen LogP contribution in [0.25, 0.3) is 0 Å². The van der Waals surface area contributed by atoms with Gasteiger partial charge >= 0.3 is 0 Å². The molecule has 104 valence electrons. The number of nitrogens with zero attached hydrogens (tertiary/aromatic N) is 1. The van der Waals surface area contributed by atoms with E-state index in [9.17, 15) is 9.90 Å². The van der Waals surface area contributed by atoms with Gasteiger partial charge in [-0.15, -0.1) is 0 Å². The van der Waals surface area contributed by atoms with Gasteiger partial charge in [-0.25, -0.2) is 0 Å². The standard InChI is InChI=1S/C14H26N2O2/c15-10-12-3-1-11(2-4-12)9-14(18)16-7-5-13(17)6-8-16/h11-13,17H,1-10,15H2. The first-order chi connectivity index (χ1) is 8.69. The van der Waals surface area contributed by atoms with Gasteiger partial charge in [0.05, 0.1) is 6.10 Å². The maximum atomic E-state index is 12.1. The molecule has 1 aliphatic heterocycles. The molecule has 0 aromatic heterocycles. The number of carbonyl (C=O) groups is 1. The summed E-state index contributed by atoms with van der Waals surface area (Å²) in [6.45, 7) is 2.26. The summed E-state index contributed by atoms with van der Waals surface area (Å²) in [5.41, 5.74) is 5.68. The number of amides is 1. The predicted molar refractivity (Wildman–Crippen MR) is 70.9 cm³/mol. The molecule has 4 nitrogen and oxygen atoms in total. The third kappa shape index (κ3) is 3.69. The molecule has 1 saturated carbocycles. The average molecular weight is 254 g/mol. The molecule has 0 spiro atoms. The first-order valence-electron chi connectivity index (χ1n) is 7.35. The lowest BCUT2D eigenvalue weighted by molar-refractivity contribution is -0.134. The Morgan fingerprint density at radius 3 is 2.17 bits per heavy atom. The molecule has 18 heavy (non-hydrogen) atoms. The van der Waals surface area contributed by atoms with Gasteiger partial charge in [-0.3, -0.25) is 4.79 Å². The Hall–Kier alpha value is -0.610. The summed E-state index contributed by atoms with van der Waals surface area (Å²) in [5, 5.41) is 9.44. The normalized spacial score (nSPS) is 30.4. The molecule has 2 aliphatic rings. The van der Waals surface area contributed by atoms with Crippen LogP contribution in [-0.2, 0) is 4.79 Å². The molecule has 1 aliphatic carbocycles. The number of likely N-dealkylation sites (tertiary alicyclic amines) is 1. The van der Waals surface area contributed by atoms with Crippen molar-refractivity contribution in [3.8, 4) is 0 Å². The highest BCUT2D eigenvalue weighted by Gasteiger charge is 2.26. The van der Waals surface area contributed by atoms with E-state index in [0.717, 1.165) is 45.3 Å². The van der Waals surface area contributed by atoms with Crippen molar-refractivity contribution in [2.45, 2.75) is 51.0 Å². The predicted octanol–water partition coefficient (Wildman–Crippen LogP) is 1.12. The lowest BCUT2D eigenvalue weighted by Crippen LogP contribution is -2.41. The zero-order valence-corrected chi connectivity index (χ0v) is 11.2. The fourth-order valence-corrected chi connectivity index (χ4v) is 3.16. The summed E-state index contributed by atoms with van der Waals surface area (Å²) in [4.78, 5) is 14.1. The SMILES string of the molecule is NCC1CCC(CC(=O)N2CCC(O)CC2)CC1. The zero-order valence-electron chi connectivity index (χ0n) is 11.2. The van der Waals surface area contributed by atoms with Gasteiger partial charge in [0.25, 0.3) is 0 Å². The van der Waals surface area contributed by atoms with Gasteiger partial charge in [0.1, 0.15) is 0 Å². The Balaban J connectivity index is 1.71. The van der Waals surface area contributed by atoms with Crippen LogP contribution in [0.5, 0.6) is 0 Å². The lowest BCUT2D eigenvalue weighted by Gasteiger charge is -2.32. The number of hydrogen-bond acceptors (Lipinski definition) is 3. The van der Waals surface area contributed by atoms with Crippen molar-refractivity contribution in [1.29, 1.82) is 0 Å². The van der Waals surface area contributed by atoms with Crippen LogP contribution >= 0.6 is 0 Å². The Morgan fingerprint density at radius 1 is 1.06 bits per heavy atom. The Bertz CT molecular complexity index is 267. The smallest absolute Gasteiger partial charge is 0.222 e. The molecule has 0 aromatic carbocycles. The van der Waals surface area contributed by atoms with Gasteiger partial charge in [0.15, 0.2) is 0 Å². The summed E-state index contributed by atoms with van der Waals surface area (Å²) in [6.07, 6.45) is 6.67. The van der Waals surface area contributed by atoms with E-state index in [0.29, 0.717) is 18.3 Å². The van der Waals surface area contributed by atoms with Crippen LogP contribution in [0.4, 0.5) is 0 Å². The number of hydrogen-bond donors (Lipinski definition) is 2. The van der Waals surface area contributed by atoms with Crippen molar-refractivity contribution in [2.24, 2.45) is 17.6 Å². The van der Waals surface area contributed by atoms with Crippen molar-refractivity contribution in [1.82, 2.24) is 4.90 Å². The first kappa shape index (κ1) is 13.8. The number of carbonyl (C=O) groups excluding carboxylic acids is 1. The van der Waals surface area contributed by atoms with Gasteiger partial charge < -0.3 is 15.7 Å². The van der Waals surface area contributed by atoms with Gasteiger partial charge in [0.2, 0.25) is 5.91 Å². The molecule has 0 aromatic rings. The molecule has 3 N–H and O–H groups in total. The minimum Gasteiger partial charge on any atom is -0.393 e. The van der Waals surface area contributed by atoms with Crippen LogP contribution in [0.15, 0.2) is 0 Å². The number of aliphatic hydroxyl groups excluding tert-OH is 1. The van der Waals surface area contributed by atoms with Crippen molar-refractivity contribution >= 4 is 5.91 Å². The molecule has 1 heterocycles. The lowest BCUT2D eigenvalue weighted by atomic mass is 9.80. The number of rotatable bonds is 3. The average Bonchev–Trinajstić information content (AvgIpc) is 2.40. The van der Waals surface area contributed by atoms with Crippen LogP contribution in [-0.4, -0.2) is 41.7 Å².